The van der Waals surface area contributed by atoms with E-state index in [4.69, 9.17) is 21.7 Å². The van der Waals surface area contributed by atoms with Gasteiger partial charge in [0, 0.05) is 37.4 Å². The van der Waals surface area contributed by atoms with Crippen LogP contribution in [0.15, 0.2) is 154 Å². The van der Waals surface area contributed by atoms with Gasteiger partial charge in [-0.05, 0) is 48.5 Å². The maximum Gasteiger partial charge on any atom is 1.00 e. The summed E-state index contributed by atoms with van der Waals surface area (Å²) in [5, 5.41) is 7.41. The average molecular weight is 1050 g/mol. The second-order valence-electron chi connectivity index (χ2n) is 11.7. The third kappa shape index (κ3) is 9.58. The topological polar surface area (TPSA) is 26.3 Å². The van der Waals surface area contributed by atoms with E-state index in [1.807, 2.05) is 84.9 Å². The number of benzene rings is 6. The van der Waals surface area contributed by atoms with Crippen molar-refractivity contribution in [3.63, 3.8) is 0 Å². The summed E-state index contributed by atoms with van der Waals surface area (Å²) in [6, 6.07) is 49.1. The van der Waals surface area contributed by atoms with Crippen LogP contribution >= 0.6 is 15.8 Å². The van der Waals surface area contributed by atoms with E-state index in [1.165, 1.54) is 12.3 Å². The fourth-order valence-corrected chi connectivity index (χ4v) is 10.8. The van der Waals surface area contributed by atoms with Crippen molar-refractivity contribution in [1.29, 1.82) is 0 Å². The maximum atomic E-state index is 7.10. The van der Waals surface area contributed by atoms with Crippen LogP contribution in [0.5, 0.6) is 0 Å². The van der Waals surface area contributed by atoms with Crippen LogP contribution in [0.4, 0.5) is 0 Å². The van der Waals surface area contributed by atoms with Crippen LogP contribution in [0.1, 0.15) is 11.1 Å². The van der Waals surface area contributed by atoms with Crippen LogP contribution in [0, 0.1) is 24.7 Å². The molecule has 0 spiro atoms. The molecule has 8 rings (SSSR count). The smallest absolute Gasteiger partial charge is 0.456 e. The number of fused-ring (bicyclic) bond motifs is 6. The molecule has 0 bridgehead atoms. The Balaban J connectivity index is 0.000000166. The average Bonchev–Trinajstić information content (AvgIpc) is 3.72. The molecular formula is C44H36Au2O2P2+2. The number of furan rings is 2. The summed E-state index contributed by atoms with van der Waals surface area (Å²) in [6.45, 7) is 4.89. The molecule has 0 saturated heterocycles. The Kier molecular flexibility index (Phi) is 15.0. The molecule has 6 aromatic carbocycles. The van der Waals surface area contributed by atoms with Gasteiger partial charge < -0.3 is 21.7 Å². The Hall–Kier alpha value is -3.62. The van der Waals surface area contributed by atoms with E-state index in [2.05, 4.69) is 85.8 Å². The molecule has 0 aliphatic carbocycles. The molecule has 2 atom stereocenters. The van der Waals surface area contributed by atoms with Gasteiger partial charge in [-0.15, -0.1) is 35.4 Å². The van der Waals surface area contributed by atoms with Crippen molar-refractivity contribution in [2.24, 2.45) is 0 Å². The fraction of sp³-hybridized carbons (Fsp3) is 0.0909. The normalized spacial score (nSPS) is 11.4. The van der Waals surface area contributed by atoms with Gasteiger partial charge in [0.15, 0.2) is 0 Å². The Morgan fingerprint density at radius 3 is 1.16 bits per heavy atom. The number of rotatable bonds is 5. The van der Waals surface area contributed by atoms with Crippen molar-refractivity contribution in [2.75, 3.05) is 25.7 Å². The SMILES string of the molecule is C[PH+](CC[PH+](C)c1ccccc1)c1ccccc1.[Au+].[Au+].[C-]#Cc1ccc2oc3ccccc3c2c1.[C-]#Cc1ccc2oc3ccccc3c2c1. The van der Waals surface area contributed by atoms with Gasteiger partial charge in [0.2, 0.25) is 0 Å². The van der Waals surface area contributed by atoms with E-state index in [0.717, 1.165) is 55.0 Å². The van der Waals surface area contributed by atoms with Crippen LogP contribution in [-0.2, 0) is 44.8 Å². The van der Waals surface area contributed by atoms with Gasteiger partial charge in [0.05, 0.1) is 36.3 Å². The van der Waals surface area contributed by atoms with Gasteiger partial charge in [-0.3, -0.25) is 11.8 Å². The van der Waals surface area contributed by atoms with E-state index >= 15 is 0 Å². The summed E-state index contributed by atoms with van der Waals surface area (Å²) >= 11 is 0. The molecule has 0 amide bonds. The molecule has 50 heavy (non-hydrogen) atoms. The molecular weight excluding hydrogens is 1020 g/mol. The second kappa shape index (κ2) is 19.1. The first kappa shape index (κ1) is 39.2. The molecule has 0 fully saturated rings. The van der Waals surface area contributed by atoms with Crippen LogP contribution < -0.4 is 10.6 Å². The van der Waals surface area contributed by atoms with Gasteiger partial charge in [0.1, 0.15) is 22.3 Å². The van der Waals surface area contributed by atoms with Crippen molar-refractivity contribution < 1.29 is 53.6 Å². The monoisotopic (exact) mass is 1050 g/mol. The number of hydrogen-bond acceptors (Lipinski definition) is 2. The number of hydrogen-bond donors (Lipinski definition) is 0. The Morgan fingerprint density at radius 2 is 0.780 bits per heavy atom. The third-order valence-electron chi connectivity index (χ3n) is 8.45. The maximum absolute atomic E-state index is 7.10. The molecule has 0 N–H and O–H groups in total. The first-order valence-corrected chi connectivity index (χ1v) is 20.4. The molecule has 2 aromatic heterocycles. The minimum Gasteiger partial charge on any atom is -0.456 e. The van der Waals surface area contributed by atoms with Gasteiger partial charge >= 0.3 is 44.8 Å². The van der Waals surface area contributed by atoms with Gasteiger partial charge in [-0.2, -0.15) is 0 Å². The first-order chi connectivity index (χ1) is 23.5. The van der Waals surface area contributed by atoms with E-state index in [9.17, 15) is 0 Å². The standard InChI is InChI=1S/C16H20P2.2C14H7O.2Au/c1-17(15-9-5-3-6-10-15)13-14-18(2)16-11-7-4-8-12-16;2*1-2-10-7-8-14-12(9-10)11-5-3-4-6-13(11)15-14;;/h3-12H,13-14H2,1-2H3;2*3-9H;;/q;2*-1;2*+1/p+2. The van der Waals surface area contributed by atoms with Crippen molar-refractivity contribution in [3.8, 4) is 11.8 Å². The largest absolute Gasteiger partial charge is 1.00 e. The molecule has 254 valence electrons. The molecule has 2 heterocycles. The van der Waals surface area contributed by atoms with Crippen molar-refractivity contribution >= 4 is 70.3 Å². The fourth-order valence-electron chi connectivity index (χ4n) is 5.72. The zero-order valence-corrected chi connectivity index (χ0v) is 34.0. The molecule has 2 nitrogen and oxygen atoms in total. The van der Waals surface area contributed by atoms with Crippen molar-refractivity contribution in [3.05, 3.63) is 170 Å². The summed E-state index contributed by atoms with van der Waals surface area (Å²) in [5.74, 6) is 4.76. The summed E-state index contributed by atoms with van der Waals surface area (Å²) in [7, 11) is -0.688. The zero-order chi connectivity index (χ0) is 33.3. The van der Waals surface area contributed by atoms with Crippen LogP contribution in [0.3, 0.4) is 0 Å². The predicted molar refractivity (Wildman–Crippen MR) is 210 cm³/mol. The minimum absolute atomic E-state index is 0. The van der Waals surface area contributed by atoms with Gasteiger partial charge in [-0.1, -0.05) is 72.8 Å². The zero-order valence-electron chi connectivity index (χ0n) is 27.7. The molecule has 0 saturated carbocycles. The second-order valence-corrected chi connectivity index (χ2v) is 16.9. The molecule has 0 radical (unpaired) electrons. The van der Waals surface area contributed by atoms with Gasteiger partial charge in [-0.25, -0.2) is 0 Å². The number of para-hydroxylation sites is 2. The summed E-state index contributed by atoms with van der Waals surface area (Å²) in [4.78, 5) is 0. The van der Waals surface area contributed by atoms with E-state index in [1.54, 1.807) is 10.6 Å². The van der Waals surface area contributed by atoms with E-state index in [0.29, 0.717) is 0 Å². The molecule has 8 aromatic rings. The Labute approximate surface area is 328 Å². The first-order valence-electron chi connectivity index (χ1n) is 16.0. The van der Waals surface area contributed by atoms with Crippen molar-refractivity contribution in [1.82, 2.24) is 0 Å². The molecule has 0 aliphatic rings. The van der Waals surface area contributed by atoms with Gasteiger partial charge in [0.25, 0.3) is 0 Å². The molecule has 2 unspecified atom stereocenters. The van der Waals surface area contributed by atoms with Crippen LogP contribution in [0.25, 0.3) is 43.9 Å². The van der Waals surface area contributed by atoms with E-state index < -0.39 is 0 Å². The Morgan fingerprint density at radius 1 is 0.440 bits per heavy atom. The molecule has 6 heteroatoms. The van der Waals surface area contributed by atoms with Crippen molar-refractivity contribution in [2.45, 2.75) is 0 Å². The van der Waals surface area contributed by atoms with E-state index in [-0.39, 0.29) is 60.6 Å². The third-order valence-corrected chi connectivity index (χ3v) is 13.6. The predicted octanol–water partition coefficient (Wildman–Crippen LogP) is 10.4. The van der Waals surface area contributed by atoms with Crippen LogP contribution in [0.2, 0.25) is 0 Å². The quantitative estimate of drug-likeness (QED) is 0.0743. The minimum atomic E-state index is -0.344. The molecule has 0 aliphatic heterocycles. The summed E-state index contributed by atoms with van der Waals surface area (Å²) in [5.41, 5.74) is 5.03. The summed E-state index contributed by atoms with van der Waals surface area (Å²) < 4.78 is 11.3. The van der Waals surface area contributed by atoms with Crippen LogP contribution in [-0.4, -0.2) is 25.7 Å². The Bertz CT molecular complexity index is 2200. The summed E-state index contributed by atoms with van der Waals surface area (Å²) in [6.07, 6.45) is 17.0.